The molecular formula is C27H20O2. The summed E-state index contributed by atoms with van der Waals surface area (Å²) in [6, 6.07) is 29.4. The van der Waals surface area contributed by atoms with Crippen molar-refractivity contribution in [2.45, 2.75) is 19.3 Å². The van der Waals surface area contributed by atoms with Crippen molar-refractivity contribution in [3.63, 3.8) is 0 Å². The van der Waals surface area contributed by atoms with Crippen LogP contribution in [0.25, 0.3) is 33.1 Å². The van der Waals surface area contributed by atoms with Crippen molar-refractivity contribution in [2.75, 3.05) is 0 Å². The topological polar surface area (TPSA) is 22.4 Å². The van der Waals surface area contributed by atoms with Crippen LogP contribution in [0.4, 0.5) is 0 Å². The summed E-state index contributed by atoms with van der Waals surface area (Å²) in [5.74, 6) is 1.87. The first-order valence-electron chi connectivity index (χ1n) is 9.95. The molecule has 0 aliphatic carbocycles. The number of furan rings is 1. The number of rotatable bonds is 1. The first-order chi connectivity index (χ1) is 14.1. The minimum Gasteiger partial charge on any atom is -0.457 e. The molecule has 0 amide bonds. The fourth-order valence-corrected chi connectivity index (χ4v) is 4.64. The maximum absolute atomic E-state index is 6.33. The summed E-state index contributed by atoms with van der Waals surface area (Å²) in [6.45, 7) is 4.52. The van der Waals surface area contributed by atoms with E-state index in [0.29, 0.717) is 0 Å². The average Bonchev–Trinajstić information content (AvgIpc) is 3.12. The normalized spacial score (nSPS) is 14.4. The molecule has 0 radical (unpaired) electrons. The lowest BCUT2D eigenvalue weighted by molar-refractivity contribution is 0.418. The smallest absolute Gasteiger partial charge is 0.136 e. The lowest BCUT2D eigenvalue weighted by Crippen LogP contribution is -2.24. The summed E-state index contributed by atoms with van der Waals surface area (Å²) in [4.78, 5) is 0. The van der Waals surface area contributed by atoms with Gasteiger partial charge in [0.2, 0.25) is 0 Å². The van der Waals surface area contributed by atoms with Crippen molar-refractivity contribution < 1.29 is 9.15 Å². The van der Waals surface area contributed by atoms with Crippen LogP contribution in [0.2, 0.25) is 0 Å². The van der Waals surface area contributed by atoms with E-state index in [0.717, 1.165) is 44.6 Å². The number of hydrogen-bond donors (Lipinski definition) is 0. The van der Waals surface area contributed by atoms with Gasteiger partial charge in [-0.3, -0.25) is 0 Å². The Kier molecular flexibility index (Phi) is 3.25. The van der Waals surface area contributed by atoms with Gasteiger partial charge in [-0.15, -0.1) is 0 Å². The van der Waals surface area contributed by atoms with Crippen LogP contribution in [-0.2, 0) is 5.41 Å². The molecule has 1 aliphatic heterocycles. The molecule has 5 aromatic rings. The van der Waals surface area contributed by atoms with Crippen LogP contribution < -0.4 is 4.74 Å². The molecule has 140 valence electrons. The predicted molar refractivity (Wildman–Crippen MR) is 118 cm³/mol. The van der Waals surface area contributed by atoms with E-state index < -0.39 is 0 Å². The lowest BCUT2D eigenvalue weighted by atomic mass is 9.75. The molecule has 6 rings (SSSR count). The van der Waals surface area contributed by atoms with Crippen LogP contribution in [0, 0.1) is 0 Å². The fourth-order valence-electron chi connectivity index (χ4n) is 4.64. The van der Waals surface area contributed by atoms with Crippen molar-refractivity contribution in [3.8, 4) is 22.6 Å². The number of ether oxygens (including phenoxy) is 1. The van der Waals surface area contributed by atoms with Gasteiger partial charge in [-0.1, -0.05) is 74.5 Å². The van der Waals surface area contributed by atoms with Gasteiger partial charge in [0, 0.05) is 27.3 Å². The van der Waals surface area contributed by atoms with Crippen LogP contribution in [0.5, 0.6) is 11.5 Å². The molecule has 0 unspecified atom stereocenters. The van der Waals surface area contributed by atoms with Gasteiger partial charge in [0.05, 0.1) is 0 Å². The second kappa shape index (κ2) is 5.74. The molecule has 2 heterocycles. The Labute approximate surface area is 169 Å². The first-order valence-corrected chi connectivity index (χ1v) is 9.95. The SMILES string of the molecule is CC1(C)c2ccccc2Oc2cc(-c3cccc4oc5ccccc5c34)ccc21. The molecule has 0 bridgehead atoms. The zero-order valence-electron chi connectivity index (χ0n) is 16.4. The highest BCUT2D eigenvalue weighted by Crippen LogP contribution is 2.49. The Bertz CT molecular complexity index is 1410. The Morgan fingerprint density at radius 3 is 2.34 bits per heavy atom. The third-order valence-electron chi connectivity index (χ3n) is 6.15. The number of hydrogen-bond acceptors (Lipinski definition) is 2. The largest absolute Gasteiger partial charge is 0.457 e. The van der Waals surface area contributed by atoms with Crippen LogP contribution in [0.3, 0.4) is 0 Å². The van der Waals surface area contributed by atoms with Gasteiger partial charge < -0.3 is 9.15 Å². The van der Waals surface area contributed by atoms with Crippen molar-refractivity contribution >= 4 is 21.9 Å². The van der Waals surface area contributed by atoms with E-state index in [1.165, 1.54) is 11.1 Å². The zero-order valence-corrected chi connectivity index (χ0v) is 16.4. The molecule has 4 aromatic carbocycles. The molecule has 1 aliphatic rings. The molecule has 0 N–H and O–H groups in total. The molecule has 0 fully saturated rings. The number of benzene rings is 4. The quantitative estimate of drug-likeness (QED) is 0.299. The summed E-state index contributed by atoms with van der Waals surface area (Å²) < 4.78 is 12.4. The maximum atomic E-state index is 6.33. The standard InChI is InChI=1S/C27H20O2/c1-27(2)20-10-4-6-12-23(20)29-25-16-17(14-15-21(25)27)18-9-7-13-24-26(18)19-8-3-5-11-22(19)28-24/h3-16H,1-2H3. The number of para-hydroxylation sites is 2. The molecule has 29 heavy (non-hydrogen) atoms. The highest BCUT2D eigenvalue weighted by Gasteiger charge is 2.34. The van der Waals surface area contributed by atoms with E-state index >= 15 is 0 Å². The molecule has 0 atom stereocenters. The minimum atomic E-state index is -0.100. The summed E-state index contributed by atoms with van der Waals surface area (Å²) in [7, 11) is 0. The van der Waals surface area contributed by atoms with Gasteiger partial charge >= 0.3 is 0 Å². The first kappa shape index (κ1) is 16.4. The van der Waals surface area contributed by atoms with Crippen molar-refractivity contribution in [3.05, 3.63) is 96.1 Å². The molecule has 0 spiro atoms. The second-order valence-corrected chi connectivity index (χ2v) is 8.21. The van der Waals surface area contributed by atoms with E-state index in [-0.39, 0.29) is 5.41 Å². The van der Waals surface area contributed by atoms with E-state index in [9.17, 15) is 0 Å². The van der Waals surface area contributed by atoms with E-state index in [1.54, 1.807) is 0 Å². The van der Waals surface area contributed by atoms with Gasteiger partial charge in [0.1, 0.15) is 22.7 Å². The maximum Gasteiger partial charge on any atom is 0.136 e. The van der Waals surface area contributed by atoms with E-state index in [2.05, 4.69) is 74.5 Å². The molecule has 1 aromatic heterocycles. The van der Waals surface area contributed by atoms with Crippen LogP contribution >= 0.6 is 0 Å². The Hall–Kier alpha value is -3.52. The van der Waals surface area contributed by atoms with Crippen LogP contribution in [0.1, 0.15) is 25.0 Å². The Morgan fingerprint density at radius 2 is 1.41 bits per heavy atom. The highest BCUT2D eigenvalue weighted by atomic mass is 16.5. The molecule has 0 saturated carbocycles. The summed E-state index contributed by atoms with van der Waals surface area (Å²) in [6.07, 6.45) is 0. The number of fused-ring (bicyclic) bond motifs is 5. The zero-order chi connectivity index (χ0) is 19.6. The molecule has 2 nitrogen and oxygen atoms in total. The monoisotopic (exact) mass is 376 g/mol. The third kappa shape index (κ3) is 2.29. The van der Waals surface area contributed by atoms with Gasteiger partial charge in [-0.2, -0.15) is 0 Å². The summed E-state index contributed by atoms with van der Waals surface area (Å²) in [5.41, 5.74) is 6.46. The van der Waals surface area contributed by atoms with Crippen molar-refractivity contribution in [2.24, 2.45) is 0 Å². The van der Waals surface area contributed by atoms with E-state index in [4.69, 9.17) is 9.15 Å². The van der Waals surface area contributed by atoms with Crippen molar-refractivity contribution in [1.29, 1.82) is 0 Å². The van der Waals surface area contributed by atoms with E-state index in [1.807, 2.05) is 24.3 Å². The second-order valence-electron chi connectivity index (χ2n) is 8.21. The Morgan fingerprint density at radius 1 is 0.655 bits per heavy atom. The highest BCUT2D eigenvalue weighted by molar-refractivity contribution is 6.12. The summed E-state index contributed by atoms with van der Waals surface area (Å²) in [5, 5.41) is 2.29. The van der Waals surface area contributed by atoms with Crippen molar-refractivity contribution in [1.82, 2.24) is 0 Å². The third-order valence-corrected chi connectivity index (χ3v) is 6.15. The summed E-state index contributed by atoms with van der Waals surface area (Å²) >= 11 is 0. The van der Waals surface area contributed by atoms with Crippen LogP contribution in [-0.4, -0.2) is 0 Å². The van der Waals surface area contributed by atoms with Crippen LogP contribution in [0.15, 0.2) is 89.3 Å². The predicted octanol–water partition coefficient (Wildman–Crippen LogP) is 7.68. The molecule has 0 saturated heterocycles. The lowest BCUT2D eigenvalue weighted by Gasteiger charge is -2.34. The Balaban J connectivity index is 1.58. The van der Waals surface area contributed by atoms with Gasteiger partial charge in [0.15, 0.2) is 0 Å². The fraction of sp³-hybridized carbons (Fsp3) is 0.111. The average molecular weight is 376 g/mol. The molecular weight excluding hydrogens is 356 g/mol. The van der Waals surface area contributed by atoms with Gasteiger partial charge in [0.25, 0.3) is 0 Å². The minimum absolute atomic E-state index is 0.100. The van der Waals surface area contributed by atoms with Gasteiger partial charge in [-0.25, -0.2) is 0 Å². The molecule has 2 heteroatoms. The van der Waals surface area contributed by atoms with Gasteiger partial charge in [-0.05, 0) is 35.4 Å².